The molecule has 1 unspecified atom stereocenters. The second kappa shape index (κ2) is 6.52. The molecule has 1 heterocycles. The number of hydrogen-bond acceptors (Lipinski definition) is 3. The Balaban J connectivity index is 1.69. The molecule has 92 valence electrons. The van der Waals surface area contributed by atoms with Crippen molar-refractivity contribution in [2.45, 2.75) is 25.4 Å². The van der Waals surface area contributed by atoms with Crippen molar-refractivity contribution in [3.05, 3.63) is 35.9 Å². The highest BCUT2D eigenvalue weighted by Crippen LogP contribution is 2.08. The summed E-state index contributed by atoms with van der Waals surface area (Å²) in [6.07, 6.45) is 2.26. The van der Waals surface area contributed by atoms with Gasteiger partial charge in [-0.1, -0.05) is 30.3 Å². The number of Topliss-reactive ketones (excluding diaryl/α,β-unsaturated/α-hetero) is 1. The average molecular weight is 233 g/mol. The summed E-state index contributed by atoms with van der Waals surface area (Å²) in [5.74, 6) is 0.230. The van der Waals surface area contributed by atoms with Crippen LogP contribution in [0.4, 0.5) is 0 Å². The van der Waals surface area contributed by atoms with Crippen molar-refractivity contribution in [2.75, 3.05) is 19.7 Å². The molecule has 3 heteroatoms. The van der Waals surface area contributed by atoms with E-state index in [9.17, 15) is 4.79 Å². The first kappa shape index (κ1) is 12.3. The van der Waals surface area contributed by atoms with Gasteiger partial charge in [0.1, 0.15) is 6.10 Å². The van der Waals surface area contributed by atoms with Crippen LogP contribution in [0, 0.1) is 0 Å². The molecule has 1 fully saturated rings. The summed E-state index contributed by atoms with van der Waals surface area (Å²) in [4.78, 5) is 11.8. The van der Waals surface area contributed by atoms with E-state index in [1.54, 1.807) is 0 Å². The van der Waals surface area contributed by atoms with Crippen LogP contribution >= 0.6 is 0 Å². The zero-order valence-electron chi connectivity index (χ0n) is 10.0. The van der Waals surface area contributed by atoms with Crippen molar-refractivity contribution in [2.24, 2.45) is 0 Å². The summed E-state index contributed by atoms with van der Waals surface area (Å²) >= 11 is 0. The van der Waals surface area contributed by atoms with E-state index in [-0.39, 0.29) is 11.9 Å². The van der Waals surface area contributed by atoms with Gasteiger partial charge in [0.25, 0.3) is 0 Å². The monoisotopic (exact) mass is 233 g/mol. The molecule has 1 aromatic carbocycles. The molecule has 1 N–H and O–H groups in total. The fourth-order valence-electron chi connectivity index (χ4n) is 2.04. The van der Waals surface area contributed by atoms with Crippen LogP contribution in [0.5, 0.6) is 0 Å². The van der Waals surface area contributed by atoms with Crippen LogP contribution in [0.25, 0.3) is 0 Å². The van der Waals surface area contributed by atoms with Gasteiger partial charge < -0.3 is 10.1 Å². The number of morpholine rings is 1. The molecular formula is C14H19NO2. The summed E-state index contributed by atoms with van der Waals surface area (Å²) in [5, 5.41) is 3.18. The molecule has 3 nitrogen and oxygen atoms in total. The molecule has 1 saturated heterocycles. The van der Waals surface area contributed by atoms with Gasteiger partial charge in [-0.15, -0.1) is 0 Å². The molecule has 1 aliphatic rings. The highest BCUT2D eigenvalue weighted by molar-refractivity contribution is 5.83. The lowest BCUT2D eigenvalue weighted by atomic mass is 10.0. The van der Waals surface area contributed by atoms with Crippen LogP contribution in [0.3, 0.4) is 0 Å². The maximum atomic E-state index is 11.8. The minimum atomic E-state index is -0.223. The molecule has 1 atom stereocenters. The first-order chi connectivity index (χ1) is 8.36. The zero-order valence-corrected chi connectivity index (χ0v) is 10.0. The summed E-state index contributed by atoms with van der Waals surface area (Å²) < 4.78 is 5.43. The van der Waals surface area contributed by atoms with Crippen molar-refractivity contribution in [1.82, 2.24) is 5.32 Å². The summed E-state index contributed by atoms with van der Waals surface area (Å²) in [5.41, 5.74) is 1.29. The first-order valence-corrected chi connectivity index (χ1v) is 6.25. The van der Waals surface area contributed by atoms with Crippen molar-refractivity contribution in [1.29, 1.82) is 0 Å². The highest BCUT2D eigenvalue weighted by Gasteiger charge is 2.20. The van der Waals surface area contributed by atoms with Crippen LogP contribution in [0.15, 0.2) is 30.3 Å². The number of carbonyl (C=O) groups excluding carboxylic acids is 1. The van der Waals surface area contributed by atoms with Crippen LogP contribution in [0.2, 0.25) is 0 Å². The Bertz CT molecular complexity index is 344. The topological polar surface area (TPSA) is 38.3 Å². The smallest absolute Gasteiger partial charge is 0.162 e. The maximum absolute atomic E-state index is 11.8. The Morgan fingerprint density at radius 2 is 2.18 bits per heavy atom. The van der Waals surface area contributed by atoms with Gasteiger partial charge in [-0.3, -0.25) is 4.79 Å². The number of aryl methyl sites for hydroxylation is 1. The van der Waals surface area contributed by atoms with Gasteiger partial charge in [0.05, 0.1) is 6.61 Å². The quantitative estimate of drug-likeness (QED) is 0.839. The van der Waals surface area contributed by atoms with E-state index >= 15 is 0 Å². The van der Waals surface area contributed by atoms with Gasteiger partial charge in [-0.05, 0) is 18.4 Å². The summed E-state index contributed by atoms with van der Waals surface area (Å²) in [7, 11) is 0. The van der Waals surface area contributed by atoms with Crippen LogP contribution in [0.1, 0.15) is 18.4 Å². The SMILES string of the molecule is O=C(CCCc1ccccc1)C1CNCCO1. The van der Waals surface area contributed by atoms with Gasteiger partial charge in [0.15, 0.2) is 5.78 Å². The molecule has 0 radical (unpaired) electrons. The van der Waals surface area contributed by atoms with Gasteiger partial charge >= 0.3 is 0 Å². The predicted octanol–water partition coefficient (Wildman–Crippen LogP) is 1.57. The Morgan fingerprint density at radius 3 is 2.88 bits per heavy atom. The van der Waals surface area contributed by atoms with E-state index < -0.39 is 0 Å². The van der Waals surface area contributed by atoms with Crippen molar-refractivity contribution < 1.29 is 9.53 Å². The molecule has 0 aromatic heterocycles. The lowest BCUT2D eigenvalue weighted by Crippen LogP contribution is -2.43. The highest BCUT2D eigenvalue weighted by atomic mass is 16.5. The number of benzene rings is 1. The van der Waals surface area contributed by atoms with Crippen molar-refractivity contribution in [3.63, 3.8) is 0 Å². The fraction of sp³-hybridized carbons (Fsp3) is 0.500. The minimum Gasteiger partial charge on any atom is -0.368 e. The molecular weight excluding hydrogens is 214 g/mol. The second-order valence-corrected chi connectivity index (χ2v) is 4.37. The van der Waals surface area contributed by atoms with Crippen LogP contribution in [-0.2, 0) is 16.0 Å². The molecule has 1 aliphatic heterocycles. The summed E-state index contributed by atoms with van der Waals surface area (Å²) in [6, 6.07) is 10.3. The lowest BCUT2D eigenvalue weighted by Gasteiger charge is -2.22. The number of hydrogen-bond donors (Lipinski definition) is 1. The van der Waals surface area contributed by atoms with Gasteiger partial charge in [0.2, 0.25) is 0 Å². The Hall–Kier alpha value is -1.19. The van der Waals surface area contributed by atoms with E-state index in [1.807, 2.05) is 18.2 Å². The Kier molecular flexibility index (Phi) is 4.71. The predicted molar refractivity (Wildman–Crippen MR) is 67.0 cm³/mol. The second-order valence-electron chi connectivity index (χ2n) is 4.37. The molecule has 1 aromatic rings. The first-order valence-electron chi connectivity index (χ1n) is 6.25. The normalized spacial score (nSPS) is 20.1. The van der Waals surface area contributed by atoms with Gasteiger partial charge in [-0.2, -0.15) is 0 Å². The molecule has 17 heavy (non-hydrogen) atoms. The van der Waals surface area contributed by atoms with E-state index in [4.69, 9.17) is 4.74 Å². The molecule has 2 rings (SSSR count). The van der Waals surface area contributed by atoms with E-state index in [0.717, 1.165) is 19.4 Å². The summed E-state index contributed by atoms with van der Waals surface area (Å²) in [6.45, 7) is 2.17. The Labute approximate surface area is 102 Å². The molecule has 0 spiro atoms. The Morgan fingerprint density at radius 1 is 1.35 bits per heavy atom. The third-order valence-corrected chi connectivity index (χ3v) is 3.02. The number of ether oxygens (including phenoxy) is 1. The number of nitrogens with one attached hydrogen (secondary N) is 1. The van der Waals surface area contributed by atoms with Gasteiger partial charge in [-0.25, -0.2) is 0 Å². The zero-order chi connectivity index (χ0) is 11.9. The van der Waals surface area contributed by atoms with E-state index in [2.05, 4.69) is 17.4 Å². The van der Waals surface area contributed by atoms with Crippen molar-refractivity contribution >= 4 is 5.78 Å². The number of rotatable bonds is 5. The molecule has 0 aliphatic carbocycles. The number of carbonyl (C=O) groups is 1. The third-order valence-electron chi connectivity index (χ3n) is 3.02. The van der Waals surface area contributed by atoms with Crippen LogP contribution in [-0.4, -0.2) is 31.6 Å². The molecule has 0 amide bonds. The van der Waals surface area contributed by atoms with E-state index in [0.29, 0.717) is 19.6 Å². The lowest BCUT2D eigenvalue weighted by molar-refractivity contribution is -0.132. The fourth-order valence-corrected chi connectivity index (χ4v) is 2.04. The maximum Gasteiger partial charge on any atom is 0.162 e. The van der Waals surface area contributed by atoms with Crippen molar-refractivity contribution in [3.8, 4) is 0 Å². The van der Waals surface area contributed by atoms with Gasteiger partial charge in [0, 0.05) is 19.5 Å². The third kappa shape index (κ3) is 3.95. The largest absolute Gasteiger partial charge is 0.368 e. The average Bonchev–Trinajstić information content (AvgIpc) is 2.41. The molecule has 0 bridgehead atoms. The van der Waals surface area contributed by atoms with Crippen LogP contribution < -0.4 is 5.32 Å². The minimum absolute atomic E-state index is 0.223. The number of ketones is 1. The molecule has 0 saturated carbocycles. The standard InChI is InChI=1S/C14H19NO2/c16-13(14-11-15-9-10-17-14)8-4-7-12-5-2-1-3-6-12/h1-3,5-6,14-15H,4,7-11H2. The van der Waals surface area contributed by atoms with E-state index in [1.165, 1.54) is 5.56 Å².